The topological polar surface area (TPSA) is 42.8 Å². The summed E-state index contributed by atoms with van der Waals surface area (Å²) < 4.78 is 8.79. The number of fused-ring (bicyclic) bond motifs is 1. The summed E-state index contributed by atoms with van der Waals surface area (Å²) >= 11 is 8.94. The maximum Gasteiger partial charge on any atom is 0.182 e. The number of hydrogen-bond acceptors (Lipinski definition) is 3. The first kappa shape index (κ1) is 12.4. The molecule has 0 atom stereocenters. The first-order valence-corrected chi connectivity index (χ1v) is 6.79. The van der Waals surface area contributed by atoms with Crippen molar-refractivity contribution in [1.82, 2.24) is 14.5 Å². The van der Waals surface area contributed by atoms with Crippen LogP contribution in [0.5, 0.6) is 5.75 Å². The molecule has 1 aromatic carbocycles. The Balaban J connectivity index is 2.36. The van der Waals surface area contributed by atoms with Crippen LogP contribution < -0.4 is 4.74 Å². The van der Waals surface area contributed by atoms with E-state index in [0.29, 0.717) is 4.77 Å². The summed E-state index contributed by atoms with van der Waals surface area (Å²) in [6.45, 7) is 0. The van der Waals surface area contributed by atoms with E-state index in [0.717, 1.165) is 26.9 Å². The number of imidazole rings is 1. The average molecular weight is 336 g/mol. The highest BCUT2D eigenvalue weighted by Crippen LogP contribution is 2.28. The molecular formula is C13H10BrN3OS. The van der Waals surface area contributed by atoms with E-state index in [2.05, 4.69) is 25.9 Å². The zero-order chi connectivity index (χ0) is 13.4. The summed E-state index contributed by atoms with van der Waals surface area (Å²) in [5, 5.41) is 0. The highest BCUT2D eigenvalue weighted by Gasteiger charge is 2.10. The minimum Gasteiger partial charge on any atom is -0.497 e. The number of H-pyrrole nitrogens is 1. The molecule has 19 heavy (non-hydrogen) atoms. The fourth-order valence-electron chi connectivity index (χ4n) is 1.99. The zero-order valence-corrected chi connectivity index (χ0v) is 12.5. The van der Waals surface area contributed by atoms with Gasteiger partial charge in [-0.25, -0.2) is 0 Å². The van der Waals surface area contributed by atoms with Gasteiger partial charge in [-0.3, -0.25) is 9.55 Å². The summed E-state index contributed by atoms with van der Waals surface area (Å²) in [5.74, 6) is 0.781. The van der Waals surface area contributed by atoms with Crippen LogP contribution in [0.15, 0.2) is 41.1 Å². The Hall–Kier alpha value is -1.66. The SMILES string of the molecule is COc1ccc(Br)c(-n2c(=S)[nH]c3cnccc32)c1. The molecule has 0 aliphatic heterocycles. The van der Waals surface area contributed by atoms with Gasteiger partial charge in [-0.1, -0.05) is 0 Å². The third kappa shape index (κ3) is 2.06. The summed E-state index contributed by atoms with van der Waals surface area (Å²) in [5.41, 5.74) is 2.82. The Morgan fingerprint density at radius 1 is 1.37 bits per heavy atom. The number of aromatic nitrogens is 3. The molecule has 0 unspecified atom stereocenters. The number of rotatable bonds is 2. The van der Waals surface area contributed by atoms with E-state index in [1.165, 1.54) is 0 Å². The van der Waals surface area contributed by atoms with Crippen LogP contribution in [0.3, 0.4) is 0 Å². The molecule has 0 saturated carbocycles. The second kappa shape index (κ2) is 4.79. The monoisotopic (exact) mass is 335 g/mol. The average Bonchev–Trinajstić information content (AvgIpc) is 2.75. The van der Waals surface area contributed by atoms with Gasteiger partial charge in [-0.2, -0.15) is 0 Å². The van der Waals surface area contributed by atoms with E-state index in [1.54, 1.807) is 19.5 Å². The van der Waals surface area contributed by atoms with Gasteiger partial charge in [-0.15, -0.1) is 0 Å². The van der Waals surface area contributed by atoms with Crippen molar-refractivity contribution < 1.29 is 4.74 Å². The molecule has 96 valence electrons. The molecule has 4 nitrogen and oxygen atoms in total. The van der Waals surface area contributed by atoms with E-state index in [-0.39, 0.29) is 0 Å². The maximum absolute atomic E-state index is 5.39. The van der Waals surface area contributed by atoms with Crippen LogP contribution >= 0.6 is 28.1 Å². The highest BCUT2D eigenvalue weighted by molar-refractivity contribution is 9.10. The number of methoxy groups -OCH3 is 1. The Morgan fingerprint density at radius 2 is 2.21 bits per heavy atom. The molecule has 0 spiro atoms. The molecule has 0 aliphatic carbocycles. The molecule has 0 bridgehead atoms. The Morgan fingerprint density at radius 3 is 3.00 bits per heavy atom. The molecule has 0 saturated heterocycles. The predicted octanol–water partition coefficient (Wildman–Crippen LogP) is 3.85. The smallest absolute Gasteiger partial charge is 0.182 e. The van der Waals surface area contributed by atoms with Gasteiger partial charge in [0.2, 0.25) is 0 Å². The van der Waals surface area contributed by atoms with E-state index >= 15 is 0 Å². The molecule has 0 amide bonds. The quantitative estimate of drug-likeness (QED) is 0.723. The van der Waals surface area contributed by atoms with E-state index in [1.807, 2.05) is 28.8 Å². The normalized spacial score (nSPS) is 10.8. The summed E-state index contributed by atoms with van der Waals surface area (Å²) in [7, 11) is 1.64. The lowest BCUT2D eigenvalue weighted by atomic mass is 10.3. The lowest BCUT2D eigenvalue weighted by Crippen LogP contribution is -1.96. The van der Waals surface area contributed by atoms with Crippen LogP contribution in [-0.2, 0) is 0 Å². The van der Waals surface area contributed by atoms with Crippen LogP contribution in [0.1, 0.15) is 0 Å². The lowest BCUT2D eigenvalue weighted by Gasteiger charge is -2.09. The van der Waals surface area contributed by atoms with E-state index in [9.17, 15) is 0 Å². The number of halogens is 1. The van der Waals surface area contributed by atoms with Gasteiger partial charge >= 0.3 is 0 Å². The Kier molecular flexibility index (Phi) is 3.12. The second-order valence-corrected chi connectivity index (χ2v) is 5.22. The van der Waals surface area contributed by atoms with Gasteiger partial charge < -0.3 is 9.72 Å². The number of hydrogen-bond donors (Lipinski definition) is 1. The number of aromatic amines is 1. The molecule has 0 aliphatic rings. The third-order valence-corrected chi connectivity index (χ3v) is 3.83. The number of pyridine rings is 1. The Bertz CT molecular complexity index is 809. The van der Waals surface area contributed by atoms with Crippen molar-refractivity contribution in [2.75, 3.05) is 7.11 Å². The van der Waals surface area contributed by atoms with Crippen molar-refractivity contribution in [3.05, 3.63) is 45.9 Å². The summed E-state index contributed by atoms with van der Waals surface area (Å²) in [6.07, 6.45) is 3.51. The third-order valence-electron chi connectivity index (χ3n) is 2.88. The van der Waals surface area contributed by atoms with E-state index in [4.69, 9.17) is 17.0 Å². The van der Waals surface area contributed by atoms with Crippen LogP contribution in [0.2, 0.25) is 0 Å². The molecule has 3 aromatic rings. The molecule has 2 heterocycles. The van der Waals surface area contributed by atoms with Crippen LogP contribution in [-0.4, -0.2) is 21.6 Å². The fourth-order valence-corrected chi connectivity index (χ4v) is 2.72. The van der Waals surface area contributed by atoms with Gasteiger partial charge in [0.15, 0.2) is 4.77 Å². The lowest BCUT2D eigenvalue weighted by molar-refractivity contribution is 0.414. The van der Waals surface area contributed by atoms with Gasteiger partial charge in [0.25, 0.3) is 0 Å². The maximum atomic E-state index is 5.39. The summed E-state index contributed by atoms with van der Waals surface area (Å²) in [6, 6.07) is 7.70. The number of nitrogens with one attached hydrogen (secondary N) is 1. The molecule has 0 radical (unpaired) electrons. The van der Waals surface area contributed by atoms with Crippen LogP contribution in [0, 0.1) is 4.77 Å². The predicted molar refractivity (Wildman–Crippen MR) is 80.5 cm³/mol. The minimum absolute atomic E-state index is 0.622. The van der Waals surface area contributed by atoms with Crippen molar-refractivity contribution in [1.29, 1.82) is 0 Å². The van der Waals surface area contributed by atoms with E-state index < -0.39 is 0 Å². The first-order valence-electron chi connectivity index (χ1n) is 5.59. The Labute approximate surface area is 123 Å². The first-order chi connectivity index (χ1) is 9.20. The molecule has 0 fully saturated rings. The van der Waals surface area contributed by atoms with Crippen molar-refractivity contribution >= 4 is 39.2 Å². The van der Waals surface area contributed by atoms with Gasteiger partial charge in [0.1, 0.15) is 5.75 Å². The number of ether oxygens (including phenoxy) is 1. The molecular weight excluding hydrogens is 326 g/mol. The molecule has 2 aromatic heterocycles. The molecule has 1 N–H and O–H groups in total. The van der Waals surface area contributed by atoms with Gasteiger partial charge in [0, 0.05) is 16.7 Å². The number of nitrogens with zero attached hydrogens (tertiary/aromatic N) is 2. The van der Waals surface area contributed by atoms with Crippen LogP contribution in [0.25, 0.3) is 16.7 Å². The minimum atomic E-state index is 0.622. The van der Waals surface area contributed by atoms with Crippen molar-refractivity contribution in [3.63, 3.8) is 0 Å². The highest BCUT2D eigenvalue weighted by atomic mass is 79.9. The van der Waals surface area contributed by atoms with Crippen molar-refractivity contribution in [2.24, 2.45) is 0 Å². The van der Waals surface area contributed by atoms with Gasteiger partial charge in [-0.05, 0) is 46.3 Å². The largest absolute Gasteiger partial charge is 0.497 e. The second-order valence-electron chi connectivity index (χ2n) is 3.98. The zero-order valence-electron chi connectivity index (χ0n) is 10.1. The molecule has 3 rings (SSSR count). The van der Waals surface area contributed by atoms with Gasteiger partial charge in [0.05, 0.1) is 30.0 Å². The molecule has 6 heteroatoms. The standard InChI is InChI=1S/C13H10BrN3OS/c1-18-8-2-3-9(14)12(6-8)17-11-4-5-15-7-10(11)16-13(17)19/h2-7H,1H3,(H,16,19). The van der Waals surface area contributed by atoms with Crippen LogP contribution in [0.4, 0.5) is 0 Å². The summed E-state index contributed by atoms with van der Waals surface area (Å²) in [4.78, 5) is 7.23. The van der Waals surface area contributed by atoms with Crippen molar-refractivity contribution in [3.8, 4) is 11.4 Å². The van der Waals surface area contributed by atoms with Crippen molar-refractivity contribution in [2.45, 2.75) is 0 Å². The fraction of sp³-hybridized carbons (Fsp3) is 0.0769. The number of benzene rings is 1.